The minimum absolute atomic E-state index is 0.110. The second kappa shape index (κ2) is 8.03. The van der Waals surface area contributed by atoms with Crippen LogP contribution in [0.2, 0.25) is 9.36 Å². The summed E-state index contributed by atoms with van der Waals surface area (Å²) in [6.45, 7) is 4.36. The van der Waals surface area contributed by atoms with Gasteiger partial charge in [-0.05, 0) is 30.3 Å². The topological polar surface area (TPSA) is 55.2 Å². The average molecular weight is 408 g/mol. The van der Waals surface area contributed by atoms with Gasteiger partial charge in [0, 0.05) is 16.4 Å². The zero-order valence-corrected chi connectivity index (χ0v) is 16.0. The first-order valence-corrected chi connectivity index (χ1v) is 9.33. The highest BCUT2D eigenvalue weighted by Crippen LogP contribution is 2.23. The number of hydrogen-bond acceptors (Lipinski definition) is 4. The number of fused-ring (bicyclic) bond motifs is 1. The summed E-state index contributed by atoms with van der Waals surface area (Å²) in [5.74, 6) is -0.209. The number of halogens is 2. The SMILES string of the molecule is C=CCN(Cc1ccc(Cl)s1)C(=O)Cn1cnc2ccc(Cl)cc2c1=O. The Morgan fingerprint density at radius 2 is 2.12 bits per heavy atom. The Bertz CT molecular complexity index is 1030. The molecule has 0 saturated carbocycles. The molecule has 0 spiro atoms. The number of carbonyl (C=O) groups is 1. The summed E-state index contributed by atoms with van der Waals surface area (Å²) in [5.41, 5.74) is 0.239. The number of thiophene rings is 1. The number of hydrogen-bond donors (Lipinski definition) is 0. The summed E-state index contributed by atoms with van der Waals surface area (Å²) in [5, 5.41) is 0.830. The number of carbonyl (C=O) groups excluding carboxylic acids is 1. The van der Waals surface area contributed by atoms with Crippen LogP contribution in [0.1, 0.15) is 4.88 Å². The lowest BCUT2D eigenvalue weighted by molar-refractivity contribution is -0.131. The van der Waals surface area contributed by atoms with Crippen molar-refractivity contribution < 1.29 is 4.79 Å². The maximum Gasteiger partial charge on any atom is 0.261 e. The number of aromatic nitrogens is 2. The van der Waals surface area contributed by atoms with Gasteiger partial charge in [0.15, 0.2) is 0 Å². The zero-order chi connectivity index (χ0) is 18.7. The van der Waals surface area contributed by atoms with Crippen molar-refractivity contribution in [2.45, 2.75) is 13.1 Å². The fourth-order valence-corrected chi connectivity index (χ4v) is 3.80. The van der Waals surface area contributed by atoms with E-state index < -0.39 is 0 Å². The molecule has 0 unspecified atom stereocenters. The Balaban J connectivity index is 1.84. The molecule has 0 N–H and O–H groups in total. The maximum absolute atomic E-state index is 12.7. The average Bonchev–Trinajstić information content (AvgIpc) is 3.02. The molecular weight excluding hydrogens is 393 g/mol. The summed E-state index contributed by atoms with van der Waals surface area (Å²) >= 11 is 13.3. The van der Waals surface area contributed by atoms with Gasteiger partial charge in [-0.15, -0.1) is 17.9 Å². The fourth-order valence-electron chi connectivity index (χ4n) is 2.52. The number of amides is 1. The van der Waals surface area contributed by atoms with Crippen LogP contribution in [0.3, 0.4) is 0 Å². The lowest BCUT2D eigenvalue weighted by Gasteiger charge is -2.21. The lowest BCUT2D eigenvalue weighted by Crippen LogP contribution is -2.36. The summed E-state index contributed by atoms with van der Waals surface area (Å²) in [7, 11) is 0. The van der Waals surface area contributed by atoms with Gasteiger partial charge in [0.25, 0.3) is 5.56 Å². The van der Waals surface area contributed by atoms with E-state index in [1.807, 2.05) is 6.07 Å². The quantitative estimate of drug-likeness (QED) is 0.580. The number of benzene rings is 1. The van der Waals surface area contributed by atoms with Crippen LogP contribution in [0.25, 0.3) is 10.9 Å². The van der Waals surface area contributed by atoms with Gasteiger partial charge < -0.3 is 4.90 Å². The first-order chi connectivity index (χ1) is 12.5. The number of nitrogens with zero attached hydrogens (tertiary/aromatic N) is 3. The lowest BCUT2D eigenvalue weighted by atomic mass is 10.2. The van der Waals surface area contributed by atoms with E-state index >= 15 is 0 Å². The van der Waals surface area contributed by atoms with Crippen molar-refractivity contribution in [3.05, 3.63) is 73.9 Å². The molecule has 2 aromatic heterocycles. The van der Waals surface area contributed by atoms with Crippen LogP contribution in [0.15, 0.2) is 54.1 Å². The van der Waals surface area contributed by atoms with Crippen molar-refractivity contribution in [2.75, 3.05) is 6.54 Å². The molecule has 0 aliphatic heterocycles. The summed E-state index contributed by atoms with van der Waals surface area (Å²) < 4.78 is 1.95. The van der Waals surface area contributed by atoms with Crippen molar-refractivity contribution in [1.82, 2.24) is 14.5 Å². The molecule has 0 fully saturated rings. The van der Waals surface area contributed by atoms with Gasteiger partial charge in [-0.2, -0.15) is 0 Å². The Kier molecular flexibility index (Phi) is 5.76. The Labute approximate surface area is 164 Å². The predicted molar refractivity (Wildman–Crippen MR) is 106 cm³/mol. The van der Waals surface area contributed by atoms with E-state index in [1.54, 1.807) is 35.2 Å². The van der Waals surface area contributed by atoms with E-state index in [0.29, 0.717) is 33.4 Å². The first kappa shape index (κ1) is 18.6. The highest BCUT2D eigenvalue weighted by Gasteiger charge is 2.16. The molecule has 26 heavy (non-hydrogen) atoms. The number of rotatable bonds is 6. The van der Waals surface area contributed by atoms with Gasteiger partial charge in [0.05, 0.1) is 28.1 Å². The molecule has 3 rings (SSSR count). The Hall–Kier alpha value is -2.15. The van der Waals surface area contributed by atoms with Gasteiger partial charge in [-0.3, -0.25) is 14.2 Å². The molecule has 0 saturated heterocycles. The van der Waals surface area contributed by atoms with Gasteiger partial charge in [0.1, 0.15) is 6.54 Å². The Morgan fingerprint density at radius 3 is 2.81 bits per heavy atom. The Morgan fingerprint density at radius 1 is 1.31 bits per heavy atom. The standard InChI is InChI=1S/C18H15Cl2N3O2S/c1-2-7-22(9-13-4-6-16(20)26-13)17(24)10-23-11-21-15-5-3-12(19)8-14(15)18(23)25/h2-6,8,11H,1,7,9-10H2. The van der Waals surface area contributed by atoms with E-state index in [4.69, 9.17) is 23.2 Å². The van der Waals surface area contributed by atoms with Crippen LogP contribution in [0.5, 0.6) is 0 Å². The molecule has 5 nitrogen and oxygen atoms in total. The highest BCUT2D eigenvalue weighted by atomic mass is 35.5. The monoisotopic (exact) mass is 407 g/mol. The van der Waals surface area contributed by atoms with Crippen molar-refractivity contribution in [3.63, 3.8) is 0 Å². The zero-order valence-electron chi connectivity index (χ0n) is 13.7. The normalized spacial score (nSPS) is 10.8. The van der Waals surface area contributed by atoms with Crippen LogP contribution in [-0.2, 0) is 17.9 Å². The van der Waals surface area contributed by atoms with E-state index in [2.05, 4.69) is 11.6 Å². The minimum atomic E-state index is -0.302. The minimum Gasteiger partial charge on any atom is -0.332 e. The predicted octanol–water partition coefficient (Wildman–Crippen LogP) is 3.98. The van der Waals surface area contributed by atoms with Crippen molar-refractivity contribution in [3.8, 4) is 0 Å². The van der Waals surface area contributed by atoms with E-state index in [9.17, 15) is 9.59 Å². The van der Waals surface area contributed by atoms with Crippen LogP contribution in [0, 0.1) is 0 Å². The molecule has 8 heteroatoms. The third-order valence-electron chi connectivity index (χ3n) is 3.77. The van der Waals surface area contributed by atoms with Crippen molar-refractivity contribution >= 4 is 51.3 Å². The van der Waals surface area contributed by atoms with Gasteiger partial charge in [-0.1, -0.05) is 29.3 Å². The second-order valence-corrected chi connectivity index (χ2v) is 7.84. The van der Waals surface area contributed by atoms with Crippen LogP contribution >= 0.6 is 34.5 Å². The summed E-state index contributed by atoms with van der Waals surface area (Å²) in [4.78, 5) is 32.1. The second-order valence-electron chi connectivity index (χ2n) is 5.61. The van der Waals surface area contributed by atoms with Crippen molar-refractivity contribution in [2.24, 2.45) is 0 Å². The molecule has 2 heterocycles. The third kappa shape index (κ3) is 4.15. The third-order valence-corrected chi connectivity index (χ3v) is 5.22. The summed E-state index contributed by atoms with van der Waals surface area (Å²) in [6.07, 6.45) is 3.03. The van der Waals surface area contributed by atoms with E-state index in [-0.39, 0.29) is 18.0 Å². The largest absolute Gasteiger partial charge is 0.332 e. The smallest absolute Gasteiger partial charge is 0.261 e. The maximum atomic E-state index is 12.7. The molecule has 0 aliphatic rings. The molecule has 1 amide bonds. The van der Waals surface area contributed by atoms with Gasteiger partial charge >= 0.3 is 0 Å². The van der Waals surface area contributed by atoms with Gasteiger partial charge in [-0.25, -0.2) is 4.98 Å². The van der Waals surface area contributed by atoms with Crippen LogP contribution in [0.4, 0.5) is 0 Å². The van der Waals surface area contributed by atoms with E-state index in [1.165, 1.54) is 22.2 Å². The molecule has 1 aromatic carbocycles. The molecular formula is C18H15Cl2N3O2S. The molecule has 0 radical (unpaired) electrons. The van der Waals surface area contributed by atoms with E-state index in [0.717, 1.165) is 4.88 Å². The summed E-state index contributed by atoms with van der Waals surface area (Å²) in [6, 6.07) is 8.57. The van der Waals surface area contributed by atoms with Crippen LogP contribution < -0.4 is 5.56 Å². The molecule has 0 aliphatic carbocycles. The molecule has 0 atom stereocenters. The highest BCUT2D eigenvalue weighted by molar-refractivity contribution is 7.16. The fraction of sp³-hybridized carbons (Fsp3) is 0.167. The molecule has 3 aromatic rings. The van der Waals surface area contributed by atoms with Gasteiger partial charge in [0.2, 0.25) is 5.91 Å². The van der Waals surface area contributed by atoms with Crippen molar-refractivity contribution in [1.29, 1.82) is 0 Å². The molecule has 134 valence electrons. The van der Waals surface area contributed by atoms with Crippen LogP contribution in [-0.4, -0.2) is 26.9 Å². The first-order valence-electron chi connectivity index (χ1n) is 7.75. The molecule has 0 bridgehead atoms.